The average Bonchev–Trinajstić information content (AvgIpc) is 2.45. The molecule has 114 valence electrons. The largest absolute Gasteiger partial charge is 0.478 e. The number of halogens is 1. The molecule has 9 heteroatoms. The molecular weight excluding hydrogens is 314 g/mol. The number of para-hydroxylation sites is 1. The first kappa shape index (κ1) is 15.5. The summed E-state index contributed by atoms with van der Waals surface area (Å²) in [6.45, 7) is 0. The molecule has 0 fully saturated rings. The number of benzene rings is 1. The van der Waals surface area contributed by atoms with E-state index in [9.17, 15) is 24.8 Å². The Morgan fingerprint density at radius 1 is 1.45 bits per heavy atom. The second-order valence-electron chi connectivity index (χ2n) is 4.39. The van der Waals surface area contributed by atoms with Crippen LogP contribution in [0.2, 0.25) is 0 Å². The molecule has 0 unspecified atom stereocenters. The molecule has 0 amide bonds. The molecule has 2 rings (SSSR count). The predicted molar refractivity (Wildman–Crippen MR) is 76.8 cm³/mol. The first-order valence-corrected chi connectivity index (χ1v) is 6.34. The monoisotopic (exact) mass is 323 g/mol. The Bertz CT molecular complexity index is 741. The van der Waals surface area contributed by atoms with E-state index in [2.05, 4.69) is 5.32 Å². The van der Waals surface area contributed by atoms with Gasteiger partial charge in [0.2, 0.25) is 0 Å². The Morgan fingerprint density at radius 3 is 2.64 bits per heavy atom. The molecule has 0 radical (unpaired) electrons. The summed E-state index contributed by atoms with van der Waals surface area (Å²) in [6.07, 6.45) is 0.353. The van der Waals surface area contributed by atoms with E-state index < -0.39 is 16.8 Å². The molecule has 0 saturated heterocycles. The number of carbonyl (C=O) groups is 2. The number of dihydropyridines is 1. The first-order chi connectivity index (χ1) is 10.4. The summed E-state index contributed by atoms with van der Waals surface area (Å²) in [7, 11) is 0. The fourth-order valence-electron chi connectivity index (χ4n) is 2.27. The van der Waals surface area contributed by atoms with Crippen molar-refractivity contribution in [2.45, 2.75) is 5.92 Å². The molecule has 0 aromatic heterocycles. The Hall–Kier alpha value is -2.87. The van der Waals surface area contributed by atoms with E-state index in [4.69, 9.17) is 17.3 Å². The van der Waals surface area contributed by atoms with Gasteiger partial charge in [-0.05, 0) is 0 Å². The minimum atomic E-state index is -1.41. The van der Waals surface area contributed by atoms with Crippen molar-refractivity contribution in [3.63, 3.8) is 0 Å². The van der Waals surface area contributed by atoms with Gasteiger partial charge in [-0.1, -0.05) is 29.8 Å². The van der Waals surface area contributed by atoms with Crippen molar-refractivity contribution in [2.24, 2.45) is 5.73 Å². The highest BCUT2D eigenvalue weighted by molar-refractivity contribution is 6.31. The van der Waals surface area contributed by atoms with Gasteiger partial charge in [-0.15, -0.1) is 0 Å². The predicted octanol–water partition coefficient (Wildman–Crippen LogP) is 1.19. The summed E-state index contributed by atoms with van der Waals surface area (Å²) in [6, 6.07) is 5.50. The van der Waals surface area contributed by atoms with Gasteiger partial charge in [0, 0.05) is 17.2 Å². The van der Waals surface area contributed by atoms with Crippen molar-refractivity contribution >= 4 is 29.5 Å². The zero-order valence-electron chi connectivity index (χ0n) is 10.9. The number of nitrogens with zero attached hydrogens (tertiary/aromatic N) is 1. The number of rotatable bonds is 4. The summed E-state index contributed by atoms with van der Waals surface area (Å²) in [4.78, 5) is 33.3. The highest BCUT2D eigenvalue weighted by Gasteiger charge is 2.37. The van der Waals surface area contributed by atoms with Crippen molar-refractivity contribution < 1.29 is 19.6 Å². The average molecular weight is 324 g/mol. The van der Waals surface area contributed by atoms with E-state index in [0.29, 0.717) is 6.29 Å². The van der Waals surface area contributed by atoms with Crippen LogP contribution in [0.25, 0.3) is 0 Å². The second-order valence-corrected chi connectivity index (χ2v) is 4.77. The van der Waals surface area contributed by atoms with Gasteiger partial charge in [0.05, 0.1) is 16.4 Å². The molecule has 8 nitrogen and oxygen atoms in total. The van der Waals surface area contributed by atoms with Gasteiger partial charge in [-0.25, -0.2) is 4.79 Å². The lowest BCUT2D eigenvalue weighted by Crippen LogP contribution is -2.33. The number of nitro groups is 1. The number of carboxylic acids is 1. The number of hydrogen-bond donors (Lipinski definition) is 3. The molecule has 0 aliphatic carbocycles. The maximum atomic E-state index is 11.5. The molecule has 4 N–H and O–H groups in total. The van der Waals surface area contributed by atoms with Gasteiger partial charge in [-0.2, -0.15) is 0 Å². The van der Waals surface area contributed by atoms with Crippen LogP contribution in [0, 0.1) is 10.1 Å². The Morgan fingerprint density at radius 2 is 2.09 bits per heavy atom. The van der Waals surface area contributed by atoms with E-state index in [1.165, 1.54) is 24.3 Å². The maximum absolute atomic E-state index is 11.5. The summed E-state index contributed by atoms with van der Waals surface area (Å²) in [5.41, 5.74) is 4.81. The number of aldehydes is 1. The highest BCUT2D eigenvalue weighted by atomic mass is 35.5. The van der Waals surface area contributed by atoms with E-state index in [0.717, 1.165) is 0 Å². The van der Waals surface area contributed by atoms with Crippen LogP contribution in [0.4, 0.5) is 5.69 Å². The zero-order valence-corrected chi connectivity index (χ0v) is 11.7. The quantitative estimate of drug-likeness (QED) is 0.327. The standard InChI is InChI=1S/C13H10ClN3O5/c14-11-7(5-18)9(10(13(19)20)12(15)16-11)6-3-1-2-4-8(6)17(21)22/h1-5,9,16H,15H2,(H,19,20)/t9-/m0/s1. The molecule has 1 atom stereocenters. The summed E-state index contributed by atoms with van der Waals surface area (Å²) >= 11 is 5.88. The molecular formula is C13H10ClN3O5. The van der Waals surface area contributed by atoms with Crippen LogP contribution < -0.4 is 11.1 Å². The van der Waals surface area contributed by atoms with Crippen LogP contribution >= 0.6 is 11.6 Å². The molecule has 1 heterocycles. The second kappa shape index (κ2) is 5.86. The topological polar surface area (TPSA) is 136 Å². The van der Waals surface area contributed by atoms with Gasteiger partial charge in [0.15, 0.2) is 0 Å². The van der Waals surface area contributed by atoms with Crippen LogP contribution in [0.3, 0.4) is 0 Å². The van der Waals surface area contributed by atoms with Crippen LogP contribution in [-0.4, -0.2) is 22.3 Å². The number of carbonyl (C=O) groups excluding carboxylic acids is 1. The normalized spacial score (nSPS) is 18.0. The number of allylic oxidation sites excluding steroid dienone is 1. The number of aliphatic carboxylic acids is 1. The SMILES string of the molecule is NC1=C(C(=O)O)[C@@H](c2ccccc2[N+](=O)[O-])C(C=O)=C(Cl)N1. The molecule has 1 aromatic rings. The molecule has 1 aliphatic rings. The fourth-order valence-corrected chi connectivity index (χ4v) is 2.53. The smallest absolute Gasteiger partial charge is 0.336 e. The van der Waals surface area contributed by atoms with E-state index in [1.54, 1.807) is 0 Å². The lowest BCUT2D eigenvalue weighted by molar-refractivity contribution is -0.385. The fraction of sp³-hybridized carbons (Fsp3) is 0.0769. The minimum absolute atomic E-state index is 0.0228. The number of nitrogens with one attached hydrogen (secondary N) is 1. The molecule has 0 spiro atoms. The molecule has 0 saturated carbocycles. The van der Waals surface area contributed by atoms with E-state index >= 15 is 0 Å². The van der Waals surface area contributed by atoms with Crippen LogP contribution in [0.1, 0.15) is 11.5 Å². The van der Waals surface area contributed by atoms with Gasteiger partial charge in [0.25, 0.3) is 5.69 Å². The summed E-state index contributed by atoms with van der Waals surface area (Å²) < 4.78 is 0. The van der Waals surface area contributed by atoms with Crippen molar-refractivity contribution in [3.05, 3.63) is 62.1 Å². The lowest BCUT2D eigenvalue weighted by Gasteiger charge is -2.26. The molecule has 22 heavy (non-hydrogen) atoms. The van der Waals surface area contributed by atoms with Crippen LogP contribution in [0.5, 0.6) is 0 Å². The lowest BCUT2D eigenvalue weighted by atomic mass is 9.82. The third kappa shape index (κ3) is 2.51. The van der Waals surface area contributed by atoms with Crippen molar-refractivity contribution in [2.75, 3.05) is 0 Å². The number of nitro benzene ring substituents is 1. The van der Waals surface area contributed by atoms with Crippen molar-refractivity contribution in [1.29, 1.82) is 0 Å². The maximum Gasteiger partial charge on any atom is 0.336 e. The summed E-state index contributed by atoms with van der Waals surface area (Å²) in [5, 5.41) is 22.7. The van der Waals surface area contributed by atoms with E-state index in [-0.39, 0.29) is 33.4 Å². The van der Waals surface area contributed by atoms with Gasteiger partial charge < -0.3 is 16.2 Å². The molecule has 0 bridgehead atoms. The third-order valence-electron chi connectivity index (χ3n) is 3.19. The van der Waals surface area contributed by atoms with Crippen molar-refractivity contribution in [3.8, 4) is 0 Å². The van der Waals surface area contributed by atoms with Crippen LogP contribution in [0.15, 0.2) is 46.4 Å². The zero-order chi connectivity index (χ0) is 16.4. The Labute approximate surface area is 129 Å². The van der Waals surface area contributed by atoms with E-state index in [1.807, 2.05) is 0 Å². The van der Waals surface area contributed by atoms with Crippen molar-refractivity contribution in [1.82, 2.24) is 5.32 Å². The first-order valence-electron chi connectivity index (χ1n) is 5.96. The van der Waals surface area contributed by atoms with Gasteiger partial charge >= 0.3 is 5.97 Å². The Balaban J connectivity index is 2.77. The summed E-state index contributed by atoms with van der Waals surface area (Å²) in [5.74, 6) is -2.91. The Kier molecular flexibility index (Phi) is 4.13. The van der Waals surface area contributed by atoms with Crippen LogP contribution in [-0.2, 0) is 9.59 Å². The van der Waals surface area contributed by atoms with Gasteiger partial charge in [0.1, 0.15) is 17.3 Å². The number of hydrogen-bond acceptors (Lipinski definition) is 6. The third-order valence-corrected chi connectivity index (χ3v) is 3.50. The highest BCUT2D eigenvalue weighted by Crippen LogP contribution is 2.40. The number of nitrogens with two attached hydrogens (primary N) is 1. The molecule has 1 aromatic carbocycles. The molecule has 1 aliphatic heterocycles. The minimum Gasteiger partial charge on any atom is -0.478 e. The number of carboxylic acid groups (broad SMARTS) is 1. The van der Waals surface area contributed by atoms with Gasteiger partial charge in [-0.3, -0.25) is 14.9 Å².